The fraction of sp³-hybridized carbons (Fsp3) is 0.174. The monoisotopic (exact) mass is 436 g/mol. The maximum atomic E-state index is 12.3. The molecule has 1 aromatic heterocycles. The van der Waals surface area contributed by atoms with Gasteiger partial charge in [0.1, 0.15) is 6.61 Å². The van der Waals surface area contributed by atoms with Gasteiger partial charge in [-0.1, -0.05) is 12.1 Å². The number of hydrogen-bond donors (Lipinski definition) is 1. The second-order valence-corrected chi connectivity index (χ2v) is 6.60. The van der Waals surface area contributed by atoms with Crippen molar-refractivity contribution in [2.24, 2.45) is 5.10 Å². The quantitative estimate of drug-likeness (QED) is 0.262. The number of ether oxygens (including phenoxy) is 4. The maximum absolute atomic E-state index is 12.3. The Bertz CT molecular complexity index is 1130. The molecule has 9 heteroatoms. The summed E-state index contributed by atoms with van der Waals surface area (Å²) in [6, 6.07) is 15.1. The molecule has 0 spiro atoms. The first-order valence-corrected chi connectivity index (χ1v) is 9.88. The molecule has 4 rings (SSSR count). The largest absolute Gasteiger partial charge is 0.490 e. The predicted octanol–water partition coefficient (Wildman–Crippen LogP) is 3.19. The van der Waals surface area contributed by atoms with Gasteiger partial charge in [-0.2, -0.15) is 5.10 Å². The number of hydrazone groups is 1. The minimum Gasteiger partial charge on any atom is -0.490 e. The van der Waals surface area contributed by atoms with Crippen LogP contribution >= 0.6 is 0 Å². The molecule has 0 aliphatic carbocycles. The Kier molecular flexibility index (Phi) is 6.35. The van der Waals surface area contributed by atoms with E-state index in [-0.39, 0.29) is 18.1 Å². The Hall–Kier alpha value is -4.27. The number of para-hydroxylation sites is 2. The fourth-order valence-corrected chi connectivity index (χ4v) is 2.89. The van der Waals surface area contributed by atoms with E-state index in [1.54, 1.807) is 42.5 Å². The van der Waals surface area contributed by atoms with Crippen LogP contribution in [0.2, 0.25) is 0 Å². The number of benzene rings is 2. The van der Waals surface area contributed by atoms with Gasteiger partial charge >= 0.3 is 5.97 Å². The Morgan fingerprint density at radius 3 is 2.75 bits per heavy atom. The summed E-state index contributed by atoms with van der Waals surface area (Å²) in [5.74, 6) is 0.687. The molecule has 1 N–H and O–H groups in total. The van der Waals surface area contributed by atoms with Crippen LogP contribution < -0.4 is 24.4 Å². The molecular formula is C23H20N2O7. The van der Waals surface area contributed by atoms with Gasteiger partial charge in [-0.3, -0.25) is 4.79 Å². The summed E-state index contributed by atoms with van der Waals surface area (Å²) in [6.07, 6.45) is 2.01. The van der Waals surface area contributed by atoms with Gasteiger partial charge in [0, 0.05) is 0 Å². The summed E-state index contributed by atoms with van der Waals surface area (Å²) in [4.78, 5) is 24.5. The molecule has 0 fully saturated rings. The van der Waals surface area contributed by atoms with Crippen molar-refractivity contribution in [1.29, 1.82) is 0 Å². The molecular weight excluding hydrogens is 416 g/mol. The van der Waals surface area contributed by atoms with Crippen molar-refractivity contribution in [2.45, 2.75) is 13.0 Å². The maximum Gasteiger partial charge on any atom is 0.379 e. The SMILES string of the molecule is CCOc1cc(/C=N/NC(=O)C2COc3ccccc3O2)ccc1OC(=O)c1ccco1. The van der Waals surface area contributed by atoms with Crippen LogP contribution in [0.15, 0.2) is 70.4 Å². The van der Waals surface area contributed by atoms with Crippen molar-refractivity contribution in [3.63, 3.8) is 0 Å². The van der Waals surface area contributed by atoms with Crippen molar-refractivity contribution in [2.75, 3.05) is 13.2 Å². The summed E-state index contributed by atoms with van der Waals surface area (Å²) in [5.41, 5.74) is 3.06. The number of rotatable bonds is 7. The molecule has 1 atom stereocenters. The first kappa shape index (κ1) is 21.0. The Labute approximate surface area is 183 Å². The van der Waals surface area contributed by atoms with Gasteiger partial charge in [-0.15, -0.1) is 0 Å². The van der Waals surface area contributed by atoms with E-state index < -0.39 is 18.0 Å². The second-order valence-electron chi connectivity index (χ2n) is 6.60. The molecule has 32 heavy (non-hydrogen) atoms. The molecule has 1 amide bonds. The highest BCUT2D eigenvalue weighted by molar-refractivity contribution is 5.89. The molecule has 0 radical (unpaired) electrons. The van der Waals surface area contributed by atoms with Crippen LogP contribution in [0.1, 0.15) is 23.0 Å². The summed E-state index contributed by atoms with van der Waals surface area (Å²) in [7, 11) is 0. The highest BCUT2D eigenvalue weighted by atomic mass is 16.6. The number of amides is 1. The third kappa shape index (κ3) is 4.89. The van der Waals surface area contributed by atoms with E-state index in [0.29, 0.717) is 29.4 Å². The van der Waals surface area contributed by atoms with E-state index in [1.165, 1.54) is 18.5 Å². The second kappa shape index (κ2) is 9.69. The van der Waals surface area contributed by atoms with Gasteiger partial charge in [0.25, 0.3) is 5.91 Å². The zero-order chi connectivity index (χ0) is 22.3. The van der Waals surface area contributed by atoms with E-state index in [9.17, 15) is 9.59 Å². The van der Waals surface area contributed by atoms with E-state index >= 15 is 0 Å². The van der Waals surface area contributed by atoms with Crippen molar-refractivity contribution in [3.8, 4) is 23.0 Å². The van der Waals surface area contributed by atoms with Crippen LogP contribution in [0, 0.1) is 0 Å². The number of esters is 1. The lowest BCUT2D eigenvalue weighted by Gasteiger charge is -2.24. The molecule has 9 nitrogen and oxygen atoms in total. The fourth-order valence-electron chi connectivity index (χ4n) is 2.89. The van der Waals surface area contributed by atoms with Gasteiger partial charge in [0.05, 0.1) is 19.1 Å². The number of furan rings is 1. The van der Waals surface area contributed by atoms with Crippen LogP contribution in [0.3, 0.4) is 0 Å². The minimum atomic E-state index is -0.815. The first-order chi connectivity index (χ1) is 15.6. The molecule has 2 heterocycles. The molecule has 0 bridgehead atoms. The van der Waals surface area contributed by atoms with Crippen LogP contribution in [0.25, 0.3) is 0 Å². The number of nitrogens with one attached hydrogen (secondary N) is 1. The molecule has 1 aliphatic rings. The van der Waals surface area contributed by atoms with E-state index in [2.05, 4.69) is 10.5 Å². The van der Waals surface area contributed by atoms with Crippen LogP contribution in [-0.2, 0) is 4.79 Å². The normalized spacial score (nSPS) is 14.7. The van der Waals surface area contributed by atoms with Gasteiger partial charge < -0.3 is 23.4 Å². The predicted molar refractivity (Wildman–Crippen MR) is 113 cm³/mol. The van der Waals surface area contributed by atoms with Gasteiger partial charge in [0.2, 0.25) is 11.9 Å². The smallest absolute Gasteiger partial charge is 0.379 e. The van der Waals surface area contributed by atoms with E-state index in [4.69, 9.17) is 23.4 Å². The van der Waals surface area contributed by atoms with Crippen molar-refractivity contribution in [3.05, 3.63) is 72.2 Å². The van der Waals surface area contributed by atoms with Gasteiger partial charge in [-0.25, -0.2) is 10.2 Å². The Morgan fingerprint density at radius 1 is 1.12 bits per heavy atom. The van der Waals surface area contributed by atoms with Crippen molar-refractivity contribution < 1.29 is 33.0 Å². The highest BCUT2D eigenvalue weighted by Gasteiger charge is 2.27. The minimum absolute atomic E-state index is 0.0809. The average molecular weight is 436 g/mol. The third-order valence-corrected chi connectivity index (χ3v) is 4.38. The van der Waals surface area contributed by atoms with Crippen LogP contribution in [-0.4, -0.2) is 37.4 Å². The molecule has 1 unspecified atom stereocenters. The Balaban J connectivity index is 1.38. The zero-order valence-electron chi connectivity index (χ0n) is 17.1. The molecule has 0 saturated carbocycles. The van der Waals surface area contributed by atoms with Crippen LogP contribution in [0.5, 0.6) is 23.0 Å². The molecule has 1 aliphatic heterocycles. The molecule has 0 saturated heterocycles. The average Bonchev–Trinajstić information content (AvgIpc) is 3.36. The van der Waals surface area contributed by atoms with Crippen LogP contribution in [0.4, 0.5) is 0 Å². The van der Waals surface area contributed by atoms with E-state index in [1.807, 2.05) is 13.0 Å². The lowest BCUT2D eigenvalue weighted by atomic mass is 10.2. The molecule has 164 valence electrons. The van der Waals surface area contributed by atoms with Gasteiger partial charge in [-0.05, 0) is 55.0 Å². The number of carbonyl (C=O) groups excluding carboxylic acids is 2. The van der Waals surface area contributed by atoms with Crippen molar-refractivity contribution in [1.82, 2.24) is 5.43 Å². The summed E-state index contributed by atoms with van der Waals surface area (Å²) in [5, 5.41) is 3.97. The summed E-state index contributed by atoms with van der Waals surface area (Å²) >= 11 is 0. The standard InChI is InChI=1S/C23H20N2O7/c1-2-28-20-12-15(9-10-18(20)32-23(27)19-8-5-11-29-19)13-24-25-22(26)21-14-30-16-6-3-4-7-17(16)31-21/h3-13,21H,2,14H2,1H3,(H,25,26)/b24-13+. The summed E-state index contributed by atoms with van der Waals surface area (Å²) in [6.45, 7) is 2.26. The lowest BCUT2D eigenvalue weighted by Crippen LogP contribution is -2.42. The number of carbonyl (C=O) groups is 2. The third-order valence-electron chi connectivity index (χ3n) is 4.38. The highest BCUT2D eigenvalue weighted by Crippen LogP contribution is 2.31. The van der Waals surface area contributed by atoms with Gasteiger partial charge in [0.15, 0.2) is 23.0 Å². The molecule has 2 aromatic carbocycles. The zero-order valence-corrected chi connectivity index (χ0v) is 17.1. The summed E-state index contributed by atoms with van der Waals surface area (Å²) < 4.78 is 27.1. The number of fused-ring (bicyclic) bond motifs is 1. The molecule has 3 aromatic rings. The number of hydrogen-bond acceptors (Lipinski definition) is 8. The Morgan fingerprint density at radius 2 is 1.97 bits per heavy atom. The van der Waals surface area contributed by atoms with Crippen molar-refractivity contribution >= 4 is 18.1 Å². The topological polar surface area (TPSA) is 109 Å². The van der Waals surface area contributed by atoms with E-state index in [0.717, 1.165) is 0 Å². The first-order valence-electron chi connectivity index (χ1n) is 9.88. The number of nitrogens with zero attached hydrogens (tertiary/aromatic N) is 1. The lowest BCUT2D eigenvalue weighted by molar-refractivity contribution is -0.130.